The molecule has 0 heterocycles. The first-order chi connectivity index (χ1) is 2.83. The third-order valence-electron chi connectivity index (χ3n) is 0. The molecule has 0 atom stereocenters. The van der Waals surface area contributed by atoms with Crippen molar-refractivity contribution in [1.29, 1.82) is 0 Å². The molecule has 0 saturated heterocycles. The van der Waals surface area contributed by atoms with E-state index < -0.39 is 0 Å². The van der Waals surface area contributed by atoms with Crippen molar-refractivity contribution in [2.45, 2.75) is 26.7 Å². The van der Waals surface area contributed by atoms with E-state index in [0.29, 0.717) is 0 Å². The molecule has 0 unspecified atom stereocenters. The molecule has 0 amide bonds. The van der Waals surface area contributed by atoms with Crippen LogP contribution in [0.3, 0.4) is 0 Å². The molecule has 0 aliphatic rings. The van der Waals surface area contributed by atoms with Crippen molar-refractivity contribution in [3.63, 3.8) is 0 Å². The molecule has 46 valence electrons. The Morgan fingerprint density at radius 2 is 1.00 bits per heavy atom. The van der Waals surface area contributed by atoms with E-state index >= 15 is 0 Å². The minimum atomic E-state index is 0. The van der Waals surface area contributed by atoms with Crippen LogP contribution in [-0.2, 0) is 32.7 Å². The summed E-state index contributed by atoms with van der Waals surface area (Å²) in [5.41, 5.74) is 0. The minimum absolute atomic E-state index is 0. The molecule has 4 radical (unpaired) electrons. The first-order valence-electron chi connectivity index (χ1n) is 2.41. The van der Waals surface area contributed by atoms with E-state index in [1.54, 1.807) is 0 Å². The van der Waals surface area contributed by atoms with E-state index in [9.17, 15) is 0 Å². The van der Waals surface area contributed by atoms with Gasteiger partial charge in [0.05, 0.1) is 0 Å². The van der Waals surface area contributed by atoms with Crippen LogP contribution in [0.2, 0.25) is 0 Å². The van der Waals surface area contributed by atoms with Crippen molar-refractivity contribution in [1.82, 2.24) is 0 Å². The fourth-order valence-electron chi connectivity index (χ4n) is 0. The van der Waals surface area contributed by atoms with Gasteiger partial charge in [-0.15, -0.1) is 0 Å². The van der Waals surface area contributed by atoms with Crippen LogP contribution in [0, 0.1) is 13.8 Å². The van der Waals surface area contributed by atoms with Crippen LogP contribution in [-0.4, -0.2) is 8.41 Å². The van der Waals surface area contributed by atoms with E-state index in [1.165, 1.54) is 0 Å². The van der Waals surface area contributed by atoms with Gasteiger partial charge in [0.15, 0.2) is 0 Å². The van der Waals surface area contributed by atoms with Crippen LogP contribution in [0.5, 0.6) is 0 Å². The molecule has 0 aliphatic heterocycles. The van der Waals surface area contributed by atoms with Gasteiger partial charge < -0.3 is 13.8 Å². The molecule has 0 saturated carbocycles. The second-order valence-corrected chi connectivity index (χ2v) is 1.000. The summed E-state index contributed by atoms with van der Waals surface area (Å²) in [6.45, 7) is 11.0. The van der Waals surface area contributed by atoms with E-state index in [0.717, 1.165) is 12.8 Å². The second kappa shape index (κ2) is 41.8. The Kier molecular flexibility index (Phi) is 120. The maximum atomic E-state index is 3.49. The predicted octanol–water partition coefficient (Wildman–Crippen LogP) is 2.08. The molecule has 0 aromatic carbocycles. The Balaban J connectivity index is -0.0000000160. The van der Waals surface area contributed by atoms with Gasteiger partial charge in [-0.2, -0.15) is 12.8 Å². The number of hydrogen-bond donors (Lipinski definition) is 0. The van der Waals surface area contributed by atoms with Crippen molar-refractivity contribution >= 4 is 8.41 Å². The van der Waals surface area contributed by atoms with Crippen molar-refractivity contribution in [2.75, 3.05) is 0 Å². The van der Waals surface area contributed by atoms with Gasteiger partial charge >= 0.3 is 0 Å². The summed E-state index contributed by atoms with van der Waals surface area (Å²) in [6, 6.07) is 0. The Hall–Kier alpha value is 1.17. The van der Waals surface area contributed by atoms with Crippen LogP contribution < -0.4 is 0 Å². The van der Waals surface area contributed by atoms with Gasteiger partial charge in [-0.3, -0.25) is 0 Å². The van der Waals surface area contributed by atoms with Gasteiger partial charge in [0, 0.05) is 41.1 Å². The summed E-state index contributed by atoms with van der Waals surface area (Å²) in [7, 11) is 0. The first-order valence-corrected chi connectivity index (χ1v) is 2.41. The quantitative estimate of drug-likeness (QED) is 0.401. The Morgan fingerprint density at radius 1 is 1.00 bits per heavy atom. The molecule has 0 fully saturated rings. The number of rotatable bonds is 0. The minimum Gasteiger partial charge on any atom is -0.344 e. The zero-order valence-electron chi connectivity index (χ0n) is 5.98. The standard InChI is InChI=1S/2C3H7.B.Y/c2*1-3-2;;/h2*1,3H2,2H3;;/q2*-1;;. The molecule has 0 nitrogen and oxygen atoms in total. The summed E-state index contributed by atoms with van der Waals surface area (Å²) >= 11 is 0. The largest absolute Gasteiger partial charge is 0.344 e. The van der Waals surface area contributed by atoms with Crippen molar-refractivity contribution in [3.8, 4) is 0 Å². The van der Waals surface area contributed by atoms with Gasteiger partial charge in [0.25, 0.3) is 0 Å². The van der Waals surface area contributed by atoms with E-state index in [2.05, 4.69) is 13.8 Å². The molecular weight excluding hydrogens is 172 g/mol. The van der Waals surface area contributed by atoms with Gasteiger partial charge in [-0.05, 0) is 0 Å². The topological polar surface area (TPSA) is 0 Å². The SMILES string of the molecule is [B].[CH2-]CC.[CH2-]CC.[Y]. The molecule has 0 aliphatic carbocycles. The van der Waals surface area contributed by atoms with Crippen LogP contribution >= 0.6 is 0 Å². The monoisotopic (exact) mass is 186 g/mol. The maximum absolute atomic E-state index is 3.49. The molecule has 0 aromatic heterocycles. The van der Waals surface area contributed by atoms with Crippen LogP contribution in [0.25, 0.3) is 0 Å². The third kappa shape index (κ3) is 200. The molecule has 0 N–H and O–H groups in total. The van der Waals surface area contributed by atoms with Gasteiger partial charge in [0.1, 0.15) is 0 Å². The van der Waals surface area contributed by atoms with E-state index in [1.807, 2.05) is 13.8 Å². The average Bonchev–Trinajstić information content (AvgIpc) is 1.39. The van der Waals surface area contributed by atoms with E-state index in [-0.39, 0.29) is 41.1 Å². The fourth-order valence-corrected chi connectivity index (χ4v) is 0. The van der Waals surface area contributed by atoms with Crippen molar-refractivity contribution < 1.29 is 32.7 Å². The molecular formula is C6H14BY-2. The Bertz CT molecular complexity index is 10.5. The van der Waals surface area contributed by atoms with Crippen LogP contribution in [0.15, 0.2) is 0 Å². The summed E-state index contributed by atoms with van der Waals surface area (Å²) in [5, 5.41) is 0. The van der Waals surface area contributed by atoms with E-state index in [4.69, 9.17) is 0 Å². The average molecular weight is 186 g/mol. The molecule has 0 bridgehead atoms. The molecule has 0 aromatic rings. The third-order valence-corrected chi connectivity index (χ3v) is 0. The first kappa shape index (κ1) is 22.9. The van der Waals surface area contributed by atoms with Crippen LogP contribution in [0.4, 0.5) is 0 Å². The number of hydrogen-bond acceptors (Lipinski definition) is 0. The van der Waals surface area contributed by atoms with Crippen molar-refractivity contribution in [2.24, 2.45) is 0 Å². The van der Waals surface area contributed by atoms with Crippen molar-refractivity contribution in [3.05, 3.63) is 13.8 Å². The summed E-state index contributed by atoms with van der Waals surface area (Å²) in [4.78, 5) is 0. The fraction of sp³-hybridized carbons (Fsp3) is 0.667. The summed E-state index contributed by atoms with van der Waals surface area (Å²) in [6.07, 6.45) is 2.00. The Morgan fingerprint density at radius 3 is 1.00 bits per heavy atom. The van der Waals surface area contributed by atoms with Gasteiger partial charge in [-0.1, -0.05) is 13.8 Å². The predicted molar refractivity (Wildman–Crippen MR) is 37.0 cm³/mol. The second-order valence-electron chi connectivity index (χ2n) is 1.000. The van der Waals surface area contributed by atoms with Gasteiger partial charge in [0.2, 0.25) is 0 Å². The van der Waals surface area contributed by atoms with Crippen LogP contribution in [0.1, 0.15) is 26.7 Å². The normalized spacial score (nSPS) is 4.50. The maximum Gasteiger partial charge on any atom is 0 e. The summed E-state index contributed by atoms with van der Waals surface area (Å²) < 4.78 is 0. The molecule has 2 heteroatoms. The smallest absolute Gasteiger partial charge is 0 e. The zero-order valence-corrected chi connectivity index (χ0v) is 8.82. The summed E-state index contributed by atoms with van der Waals surface area (Å²) in [5.74, 6) is 0. The molecule has 0 spiro atoms. The van der Waals surface area contributed by atoms with Gasteiger partial charge in [-0.25, -0.2) is 0 Å². The molecule has 8 heavy (non-hydrogen) atoms. The zero-order chi connectivity index (χ0) is 5.41. The Labute approximate surface area is 81.3 Å². The molecule has 0 rings (SSSR count).